The number of benzene rings is 3. The summed E-state index contributed by atoms with van der Waals surface area (Å²) in [5, 5.41) is 3.43. The van der Waals surface area contributed by atoms with Crippen molar-refractivity contribution in [3.8, 4) is 11.4 Å². The number of aryl methyl sites for hydroxylation is 1. The Kier molecular flexibility index (Phi) is 5.38. The van der Waals surface area contributed by atoms with E-state index in [2.05, 4.69) is 41.5 Å². The lowest BCUT2D eigenvalue weighted by Gasteiger charge is -2.09. The van der Waals surface area contributed by atoms with Crippen molar-refractivity contribution in [2.24, 2.45) is 0 Å². The molecule has 1 aromatic heterocycles. The molecule has 4 aromatic rings. The van der Waals surface area contributed by atoms with Gasteiger partial charge in [0.1, 0.15) is 5.75 Å². The van der Waals surface area contributed by atoms with E-state index >= 15 is 0 Å². The second-order valence-electron chi connectivity index (χ2n) is 6.95. The van der Waals surface area contributed by atoms with Gasteiger partial charge in [0, 0.05) is 12.2 Å². The molecule has 0 unspecified atom stereocenters. The van der Waals surface area contributed by atoms with Gasteiger partial charge >= 0.3 is 5.69 Å². The standard InChI is InChI=1S/C24H25N3O2/c1-3-17-5-7-18(8-6-17)16-25-19-9-14-23-22(15-19)26-24(28)27(23)20-10-12-21(13-11-20)29-4-2/h5-15,25H,3-4,16H2,1-2H3,(H,26,28). The van der Waals surface area contributed by atoms with Crippen LogP contribution in [0, 0.1) is 0 Å². The summed E-state index contributed by atoms with van der Waals surface area (Å²) in [6.45, 7) is 5.46. The van der Waals surface area contributed by atoms with Crippen LogP contribution in [0.3, 0.4) is 0 Å². The van der Waals surface area contributed by atoms with Gasteiger partial charge in [-0.15, -0.1) is 0 Å². The molecule has 0 aliphatic rings. The number of imidazole rings is 1. The second-order valence-corrected chi connectivity index (χ2v) is 6.95. The maximum absolute atomic E-state index is 12.6. The van der Waals surface area contributed by atoms with E-state index in [1.54, 1.807) is 4.57 Å². The van der Waals surface area contributed by atoms with Gasteiger partial charge in [0.15, 0.2) is 0 Å². The minimum Gasteiger partial charge on any atom is -0.494 e. The zero-order chi connectivity index (χ0) is 20.2. The van der Waals surface area contributed by atoms with Crippen LogP contribution in [0.1, 0.15) is 25.0 Å². The summed E-state index contributed by atoms with van der Waals surface area (Å²) in [5.74, 6) is 0.794. The van der Waals surface area contributed by atoms with Gasteiger partial charge in [-0.1, -0.05) is 31.2 Å². The highest BCUT2D eigenvalue weighted by Gasteiger charge is 2.09. The Morgan fingerprint density at radius 2 is 1.66 bits per heavy atom. The van der Waals surface area contributed by atoms with Crippen molar-refractivity contribution >= 4 is 16.7 Å². The van der Waals surface area contributed by atoms with Crippen LogP contribution in [0.2, 0.25) is 0 Å². The van der Waals surface area contributed by atoms with E-state index in [1.807, 2.05) is 49.4 Å². The minimum atomic E-state index is -0.156. The average Bonchev–Trinajstić information content (AvgIpc) is 3.08. The molecule has 0 saturated heterocycles. The van der Waals surface area contributed by atoms with Crippen molar-refractivity contribution in [3.63, 3.8) is 0 Å². The Hall–Kier alpha value is -3.47. The Morgan fingerprint density at radius 3 is 2.34 bits per heavy atom. The smallest absolute Gasteiger partial charge is 0.331 e. The van der Waals surface area contributed by atoms with Crippen molar-refractivity contribution in [3.05, 3.63) is 88.3 Å². The van der Waals surface area contributed by atoms with Crippen LogP contribution in [0.5, 0.6) is 5.75 Å². The number of hydrogen-bond donors (Lipinski definition) is 2. The molecule has 3 aromatic carbocycles. The topological polar surface area (TPSA) is 59.0 Å². The number of ether oxygens (including phenoxy) is 1. The molecule has 0 spiro atoms. The number of aromatic nitrogens is 2. The SMILES string of the molecule is CCOc1ccc(-n2c(=O)[nH]c3cc(NCc4ccc(CC)cc4)ccc32)cc1. The Labute approximate surface area is 170 Å². The summed E-state index contributed by atoms with van der Waals surface area (Å²) >= 11 is 0. The van der Waals surface area contributed by atoms with Gasteiger partial charge in [0.05, 0.1) is 23.3 Å². The van der Waals surface area contributed by atoms with Crippen molar-refractivity contribution < 1.29 is 4.74 Å². The van der Waals surface area contributed by atoms with Crippen molar-refractivity contribution in [1.29, 1.82) is 0 Å². The Morgan fingerprint density at radius 1 is 0.931 bits per heavy atom. The average molecular weight is 387 g/mol. The first kappa shape index (κ1) is 18.9. The van der Waals surface area contributed by atoms with E-state index in [0.717, 1.165) is 41.1 Å². The van der Waals surface area contributed by atoms with Crippen LogP contribution >= 0.6 is 0 Å². The van der Waals surface area contributed by atoms with E-state index < -0.39 is 0 Å². The number of aromatic amines is 1. The van der Waals surface area contributed by atoms with Gasteiger partial charge in [-0.3, -0.25) is 4.57 Å². The highest BCUT2D eigenvalue weighted by Crippen LogP contribution is 2.22. The molecule has 2 N–H and O–H groups in total. The first-order chi connectivity index (χ1) is 14.2. The summed E-state index contributed by atoms with van der Waals surface area (Å²) in [4.78, 5) is 15.5. The number of anilines is 1. The monoisotopic (exact) mass is 387 g/mol. The second kappa shape index (κ2) is 8.27. The van der Waals surface area contributed by atoms with Crippen molar-refractivity contribution in [2.75, 3.05) is 11.9 Å². The molecule has 4 rings (SSSR count). The molecule has 1 heterocycles. The highest BCUT2D eigenvalue weighted by atomic mass is 16.5. The molecular weight excluding hydrogens is 362 g/mol. The molecular formula is C24H25N3O2. The van der Waals surface area contributed by atoms with Gasteiger partial charge in [-0.05, 0) is 66.9 Å². The third-order valence-electron chi connectivity index (χ3n) is 5.02. The molecule has 0 radical (unpaired) electrons. The summed E-state index contributed by atoms with van der Waals surface area (Å²) in [6, 6.07) is 22.1. The third kappa shape index (κ3) is 4.04. The van der Waals surface area contributed by atoms with Crippen molar-refractivity contribution in [2.45, 2.75) is 26.8 Å². The van der Waals surface area contributed by atoms with E-state index in [1.165, 1.54) is 11.1 Å². The van der Waals surface area contributed by atoms with Crippen LogP contribution in [-0.4, -0.2) is 16.2 Å². The third-order valence-corrected chi connectivity index (χ3v) is 5.02. The van der Waals surface area contributed by atoms with Gasteiger partial charge in [0.2, 0.25) is 0 Å². The fourth-order valence-corrected chi connectivity index (χ4v) is 3.43. The fourth-order valence-electron chi connectivity index (χ4n) is 3.43. The molecule has 0 aliphatic heterocycles. The van der Waals surface area contributed by atoms with E-state index in [9.17, 15) is 4.79 Å². The summed E-state index contributed by atoms with van der Waals surface area (Å²) in [5.41, 5.74) is 5.83. The van der Waals surface area contributed by atoms with Gasteiger partial charge < -0.3 is 15.0 Å². The van der Waals surface area contributed by atoms with E-state index in [-0.39, 0.29) is 5.69 Å². The van der Waals surface area contributed by atoms with Crippen LogP contribution in [-0.2, 0) is 13.0 Å². The van der Waals surface area contributed by atoms with Gasteiger partial charge in [0.25, 0.3) is 0 Å². The predicted molar refractivity (Wildman–Crippen MR) is 118 cm³/mol. The molecule has 29 heavy (non-hydrogen) atoms. The summed E-state index contributed by atoms with van der Waals surface area (Å²) in [7, 11) is 0. The van der Waals surface area contributed by atoms with Gasteiger partial charge in [-0.25, -0.2) is 4.79 Å². The lowest BCUT2D eigenvalue weighted by Crippen LogP contribution is -2.14. The van der Waals surface area contributed by atoms with Crippen LogP contribution < -0.4 is 15.7 Å². The van der Waals surface area contributed by atoms with E-state index in [0.29, 0.717) is 6.61 Å². The summed E-state index contributed by atoms with van der Waals surface area (Å²) < 4.78 is 7.16. The first-order valence-electron chi connectivity index (χ1n) is 9.97. The molecule has 0 aliphatic carbocycles. The lowest BCUT2D eigenvalue weighted by atomic mass is 10.1. The number of H-pyrrole nitrogens is 1. The lowest BCUT2D eigenvalue weighted by molar-refractivity contribution is 0.340. The Bertz CT molecular complexity index is 1160. The molecule has 0 bridgehead atoms. The first-order valence-corrected chi connectivity index (χ1v) is 9.97. The molecule has 0 fully saturated rings. The largest absolute Gasteiger partial charge is 0.494 e. The van der Waals surface area contributed by atoms with E-state index in [4.69, 9.17) is 4.74 Å². The zero-order valence-corrected chi connectivity index (χ0v) is 16.7. The maximum Gasteiger partial charge on any atom is 0.331 e. The number of nitrogens with zero attached hydrogens (tertiary/aromatic N) is 1. The highest BCUT2D eigenvalue weighted by molar-refractivity contribution is 5.81. The van der Waals surface area contributed by atoms with Gasteiger partial charge in [-0.2, -0.15) is 0 Å². The molecule has 0 atom stereocenters. The van der Waals surface area contributed by atoms with Crippen LogP contribution in [0.4, 0.5) is 5.69 Å². The fraction of sp³-hybridized carbons (Fsp3) is 0.208. The summed E-state index contributed by atoms with van der Waals surface area (Å²) in [6.07, 6.45) is 1.04. The molecule has 5 nitrogen and oxygen atoms in total. The predicted octanol–water partition coefficient (Wildman–Crippen LogP) is 4.89. The quantitative estimate of drug-likeness (QED) is 0.475. The molecule has 5 heteroatoms. The number of fused-ring (bicyclic) bond motifs is 1. The molecule has 0 amide bonds. The maximum atomic E-state index is 12.6. The minimum absolute atomic E-state index is 0.156. The molecule has 148 valence electrons. The number of nitrogens with one attached hydrogen (secondary N) is 2. The normalized spacial score (nSPS) is 11.0. The Balaban J connectivity index is 1.56. The van der Waals surface area contributed by atoms with Crippen LogP contribution in [0.25, 0.3) is 16.7 Å². The molecule has 0 saturated carbocycles. The van der Waals surface area contributed by atoms with Crippen LogP contribution in [0.15, 0.2) is 71.5 Å². The van der Waals surface area contributed by atoms with Crippen molar-refractivity contribution in [1.82, 2.24) is 9.55 Å². The zero-order valence-electron chi connectivity index (χ0n) is 16.7. The number of hydrogen-bond acceptors (Lipinski definition) is 3. The number of rotatable bonds is 7.